The molecule has 0 saturated heterocycles. The Kier molecular flexibility index (Phi) is 3.43. The second kappa shape index (κ2) is 5.49. The van der Waals surface area contributed by atoms with E-state index in [1.165, 1.54) is 4.57 Å². The SMILES string of the molecule is CC1=COC2C(=C1)CC(c1cncc(Br)c1)c1c2nc(N)n1C#N. The Morgan fingerprint density at radius 3 is 3.04 bits per heavy atom. The molecular formula is C17H14BrN5O. The Labute approximate surface area is 147 Å². The third kappa shape index (κ3) is 2.22. The lowest BCUT2D eigenvalue weighted by molar-refractivity contribution is 0.157. The third-order valence-corrected chi connectivity index (χ3v) is 4.79. The van der Waals surface area contributed by atoms with Gasteiger partial charge in [0.1, 0.15) is 5.69 Å². The fraction of sp³-hybridized carbons (Fsp3) is 0.235. The monoisotopic (exact) mass is 383 g/mol. The number of anilines is 1. The molecule has 0 aromatic carbocycles. The van der Waals surface area contributed by atoms with Crippen LogP contribution in [-0.4, -0.2) is 14.5 Å². The second-order valence-corrected chi connectivity index (χ2v) is 6.88. The number of ether oxygens (including phenoxy) is 1. The molecule has 1 aliphatic heterocycles. The first-order valence-electron chi connectivity index (χ1n) is 7.49. The highest BCUT2D eigenvalue weighted by molar-refractivity contribution is 9.10. The van der Waals surface area contributed by atoms with E-state index in [1.54, 1.807) is 12.5 Å². The van der Waals surface area contributed by atoms with E-state index < -0.39 is 0 Å². The van der Waals surface area contributed by atoms with Crippen LogP contribution in [0.3, 0.4) is 0 Å². The highest BCUT2D eigenvalue weighted by Crippen LogP contribution is 2.47. The lowest BCUT2D eigenvalue weighted by atomic mass is 9.79. The minimum atomic E-state index is -0.281. The first-order valence-corrected chi connectivity index (χ1v) is 8.29. The number of aromatic nitrogens is 3. The average Bonchev–Trinajstić information content (AvgIpc) is 2.90. The van der Waals surface area contributed by atoms with E-state index in [2.05, 4.69) is 38.2 Å². The molecule has 0 spiro atoms. The number of hydrogen-bond acceptors (Lipinski definition) is 5. The van der Waals surface area contributed by atoms with Crippen LogP contribution in [0.15, 0.2) is 46.4 Å². The van der Waals surface area contributed by atoms with Gasteiger partial charge in [-0.05, 0) is 52.1 Å². The number of nitrogens with zero attached hydrogens (tertiary/aromatic N) is 4. The Hall–Kier alpha value is -2.59. The predicted molar refractivity (Wildman–Crippen MR) is 91.7 cm³/mol. The summed E-state index contributed by atoms with van der Waals surface area (Å²) >= 11 is 3.46. The summed E-state index contributed by atoms with van der Waals surface area (Å²) in [5, 5.41) is 9.52. The van der Waals surface area contributed by atoms with E-state index in [9.17, 15) is 5.26 Å². The standard InChI is InChI=1S/C17H14BrN5O/c1-9-2-10-4-13(11-3-12(18)6-21-5-11)15-14(16(10)24-7-9)22-17(20)23(15)8-19/h2-3,5-7,13,16H,4H2,1H3,(H2,20,22). The number of nitrogen functional groups attached to an aromatic ring is 1. The molecule has 3 heterocycles. The van der Waals surface area contributed by atoms with Gasteiger partial charge < -0.3 is 10.5 Å². The fourth-order valence-corrected chi connectivity index (χ4v) is 3.78. The summed E-state index contributed by atoms with van der Waals surface area (Å²) in [6, 6.07) is 2.01. The fourth-order valence-electron chi connectivity index (χ4n) is 3.40. The van der Waals surface area contributed by atoms with Gasteiger partial charge in [0.05, 0.1) is 12.0 Å². The number of pyridine rings is 1. The molecule has 2 aromatic rings. The van der Waals surface area contributed by atoms with Crippen molar-refractivity contribution in [2.24, 2.45) is 0 Å². The molecule has 1 aliphatic carbocycles. The van der Waals surface area contributed by atoms with E-state index in [0.29, 0.717) is 5.69 Å². The summed E-state index contributed by atoms with van der Waals surface area (Å²) in [5.41, 5.74) is 10.7. The van der Waals surface area contributed by atoms with Crippen molar-refractivity contribution in [2.45, 2.75) is 25.4 Å². The number of nitrogens with two attached hydrogens (primary N) is 1. The van der Waals surface area contributed by atoms with Crippen LogP contribution in [0.1, 0.15) is 42.3 Å². The zero-order chi connectivity index (χ0) is 16.8. The quantitative estimate of drug-likeness (QED) is 0.814. The molecular weight excluding hydrogens is 370 g/mol. The van der Waals surface area contributed by atoms with Crippen LogP contribution >= 0.6 is 15.9 Å². The Bertz CT molecular complexity index is 937. The lowest BCUT2D eigenvalue weighted by Gasteiger charge is -2.32. The second-order valence-electron chi connectivity index (χ2n) is 5.97. The molecule has 4 rings (SSSR count). The van der Waals surface area contributed by atoms with Crippen LogP contribution < -0.4 is 5.73 Å². The highest BCUT2D eigenvalue weighted by Gasteiger charge is 2.39. The maximum atomic E-state index is 9.52. The van der Waals surface area contributed by atoms with Crippen molar-refractivity contribution in [1.29, 1.82) is 5.26 Å². The van der Waals surface area contributed by atoms with Crippen molar-refractivity contribution in [3.63, 3.8) is 0 Å². The maximum absolute atomic E-state index is 9.52. The zero-order valence-electron chi connectivity index (χ0n) is 12.9. The smallest absolute Gasteiger partial charge is 0.214 e. The predicted octanol–water partition coefficient (Wildman–Crippen LogP) is 3.39. The first kappa shape index (κ1) is 15.0. The van der Waals surface area contributed by atoms with Crippen molar-refractivity contribution in [3.8, 4) is 6.19 Å². The van der Waals surface area contributed by atoms with Crippen LogP contribution in [0.5, 0.6) is 0 Å². The van der Waals surface area contributed by atoms with E-state index in [1.807, 2.05) is 19.2 Å². The number of imidazole rings is 1. The number of fused-ring (bicyclic) bond motifs is 3. The summed E-state index contributed by atoms with van der Waals surface area (Å²) in [6.07, 6.45) is 9.98. The molecule has 2 atom stereocenters. The van der Waals surface area contributed by atoms with E-state index in [-0.39, 0.29) is 18.0 Å². The largest absolute Gasteiger partial charge is 0.487 e. The third-order valence-electron chi connectivity index (χ3n) is 4.35. The highest BCUT2D eigenvalue weighted by atomic mass is 79.9. The molecule has 0 bridgehead atoms. The lowest BCUT2D eigenvalue weighted by Crippen LogP contribution is -2.22. The van der Waals surface area contributed by atoms with Crippen LogP contribution in [-0.2, 0) is 4.74 Å². The average molecular weight is 384 g/mol. The molecule has 0 amide bonds. The van der Waals surface area contributed by atoms with Gasteiger partial charge in [-0.2, -0.15) is 5.26 Å². The summed E-state index contributed by atoms with van der Waals surface area (Å²) < 4.78 is 8.13. The van der Waals surface area contributed by atoms with Gasteiger partial charge in [-0.25, -0.2) is 9.55 Å². The van der Waals surface area contributed by atoms with Crippen molar-refractivity contribution in [3.05, 3.63) is 63.4 Å². The molecule has 0 saturated carbocycles. The van der Waals surface area contributed by atoms with Crippen molar-refractivity contribution >= 4 is 21.9 Å². The molecule has 2 aliphatic rings. The minimum Gasteiger partial charge on any atom is -0.487 e. The summed E-state index contributed by atoms with van der Waals surface area (Å²) in [5.74, 6) is 0.137. The number of nitriles is 1. The summed E-state index contributed by atoms with van der Waals surface area (Å²) in [7, 11) is 0. The van der Waals surface area contributed by atoms with E-state index >= 15 is 0 Å². The van der Waals surface area contributed by atoms with Gasteiger partial charge in [-0.15, -0.1) is 0 Å². The Morgan fingerprint density at radius 2 is 2.29 bits per heavy atom. The zero-order valence-corrected chi connectivity index (χ0v) is 14.5. The van der Waals surface area contributed by atoms with Crippen molar-refractivity contribution in [2.75, 3.05) is 5.73 Å². The van der Waals surface area contributed by atoms with Gasteiger partial charge in [0.25, 0.3) is 0 Å². The first-order chi connectivity index (χ1) is 11.6. The van der Waals surface area contributed by atoms with Crippen LogP contribution in [0, 0.1) is 11.5 Å². The van der Waals surface area contributed by atoms with Crippen LogP contribution in [0.4, 0.5) is 5.95 Å². The van der Waals surface area contributed by atoms with Gasteiger partial charge in [0.2, 0.25) is 5.95 Å². The Morgan fingerprint density at radius 1 is 1.46 bits per heavy atom. The molecule has 2 aromatic heterocycles. The number of allylic oxidation sites excluding steroid dienone is 2. The molecule has 2 unspecified atom stereocenters. The van der Waals surface area contributed by atoms with Crippen LogP contribution in [0.25, 0.3) is 0 Å². The maximum Gasteiger partial charge on any atom is 0.214 e. The normalized spacial score (nSPS) is 21.7. The van der Waals surface area contributed by atoms with E-state index in [0.717, 1.165) is 33.3 Å². The van der Waals surface area contributed by atoms with Gasteiger partial charge in [-0.3, -0.25) is 4.98 Å². The molecule has 6 nitrogen and oxygen atoms in total. The van der Waals surface area contributed by atoms with Gasteiger partial charge in [-0.1, -0.05) is 6.08 Å². The minimum absolute atomic E-state index is 0.0496. The summed E-state index contributed by atoms with van der Waals surface area (Å²) in [6.45, 7) is 2.00. The van der Waals surface area contributed by atoms with Gasteiger partial charge >= 0.3 is 0 Å². The molecule has 7 heteroatoms. The molecule has 0 radical (unpaired) electrons. The molecule has 120 valence electrons. The van der Waals surface area contributed by atoms with Crippen molar-refractivity contribution < 1.29 is 4.74 Å². The van der Waals surface area contributed by atoms with Crippen molar-refractivity contribution in [1.82, 2.24) is 14.5 Å². The topological polar surface area (TPSA) is 89.8 Å². The molecule has 0 fully saturated rings. The molecule has 2 N–H and O–H groups in total. The number of hydrogen-bond donors (Lipinski definition) is 1. The van der Waals surface area contributed by atoms with Gasteiger partial charge in [0.15, 0.2) is 12.3 Å². The molecule has 24 heavy (non-hydrogen) atoms. The number of rotatable bonds is 1. The van der Waals surface area contributed by atoms with Gasteiger partial charge in [0, 0.05) is 22.8 Å². The van der Waals surface area contributed by atoms with E-state index in [4.69, 9.17) is 10.5 Å². The summed E-state index contributed by atoms with van der Waals surface area (Å²) in [4.78, 5) is 8.68. The van der Waals surface area contributed by atoms with Crippen LogP contribution in [0.2, 0.25) is 0 Å². The number of halogens is 1. The Balaban J connectivity index is 1.94.